The van der Waals surface area contributed by atoms with Crippen LogP contribution in [0, 0.1) is 11.3 Å². The van der Waals surface area contributed by atoms with E-state index in [1.807, 2.05) is 6.07 Å². The lowest BCUT2D eigenvalue weighted by Gasteiger charge is -2.32. The van der Waals surface area contributed by atoms with Crippen LogP contribution in [0.1, 0.15) is 25.8 Å². The molecule has 0 bridgehead atoms. The molecule has 0 aliphatic heterocycles. The van der Waals surface area contributed by atoms with Gasteiger partial charge in [0.05, 0.1) is 11.6 Å². The molecule has 0 saturated heterocycles. The number of benzene rings is 1. The molecule has 0 atom stereocenters. The van der Waals surface area contributed by atoms with Crippen molar-refractivity contribution in [1.29, 1.82) is 0 Å². The Balaban J connectivity index is 2.93. The van der Waals surface area contributed by atoms with Crippen LogP contribution in [0.2, 0.25) is 0 Å². The smallest absolute Gasteiger partial charge is 0.133 e. The third-order valence-electron chi connectivity index (χ3n) is 3.20. The van der Waals surface area contributed by atoms with Gasteiger partial charge < -0.3 is 4.74 Å². The largest absolute Gasteiger partial charge is 0.496 e. The van der Waals surface area contributed by atoms with E-state index in [0.717, 1.165) is 27.3 Å². The van der Waals surface area contributed by atoms with E-state index in [1.54, 1.807) is 7.11 Å². The van der Waals surface area contributed by atoms with E-state index in [1.165, 1.54) is 12.0 Å². The molecule has 19 heavy (non-hydrogen) atoms. The van der Waals surface area contributed by atoms with E-state index in [9.17, 15) is 0 Å². The van der Waals surface area contributed by atoms with Crippen molar-refractivity contribution in [3.63, 3.8) is 0 Å². The lowest BCUT2D eigenvalue weighted by Crippen LogP contribution is -2.29. The van der Waals surface area contributed by atoms with Crippen LogP contribution in [0.4, 0.5) is 0 Å². The van der Waals surface area contributed by atoms with Crippen molar-refractivity contribution in [1.82, 2.24) is 0 Å². The van der Waals surface area contributed by atoms with Crippen molar-refractivity contribution in [3.8, 4) is 5.75 Å². The third kappa shape index (κ3) is 5.05. The topological polar surface area (TPSA) is 9.23 Å². The van der Waals surface area contributed by atoms with E-state index in [-0.39, 0.29) is 5.41 Å². The summed E-state index contributed by atoms with van der Waals surface area (Å²) >= 11 is 11.0. The first-order valence-electron chi connectivity index (χ1n) is 6.40. The van der Waals surface area contributed by atoms with Crippen LogP contribution in [-0.2, 0) is 6.42 Å². The molecule has 0 unspecified atom stereocenters. The van der Waals surface area contributed by atoms with Gasteiger partial charge in [0.1, 0.15) is 5.75 Å². The second-order valence-corrected chi connectivity index (χ2v) is 7.49. The number of halogens is 3. The normalized spacial score (nSPS) is 11.9. The van der Waals surface area contributed by atoms with Gasteiger partial charge in [-0.3, -0.25) is 0 Å². The molecule has 0 fully saturated rings. The molecule has 108 valence electrons. The maximum atomic E-state index is 5.28. The minimum atomic E-state index is 0.266. The maximum absolute atomic E-state index is 5.28. The van der Waals surface area contributed by atoms with Gasteiger partial charge in [-0.05, 0) is 57.8 Å². The Bertz CT molecular complexity index is 400. The highest BCUT2D eigenvalue weighted by Crippen LogP contribution is 2.36. The van der Waals surface area contributed by atoms with Gasteiger partial charge in [-0.1, -0.05) is 51.8 Å². The van der Waals surface area contributed by atoms with Gasteiger partial charge in [-0.25, -0.2) is 0 Å². The summed E-state index contributed by atoms with van der Waals surface area (Å²) in [6.45, 7) is 4.56. The highest BCUT2D eigenvalue weighted by atomic mass is 79.9. The van der Waals surface area contributed by atoms with E-state index in [2.05, 4.69) is 73.8 Å². The predicted molar refractivity (Wildman–Crippen MR) is 93.9 cm³/mol. The summed E-state index contributed by atoms with van der Waals surface area (Å²) in [5, 5.41) is 2.01. The van der Waals surface area contributed by atoms with Gasteiger partial charge in [0, 0.05) is 10.7 Å². The molecule has 0 aliphatic rings. The van der Waals surface area contributed by atoms with Crippen LogP contribution < -0.4 is 4.74 Å². The number of hydrogen-bond acceptors (Lipinski definition) is 1. The molecule has 0 N–H and O–H groups in total. The first-order valence-corrected chi connectivity index (χ1v) is 9.44. The van der Waals surface area contributed by atoms with Gasteiger partial charge in [-0.2, -0.15) is 0 Å². The second-order valence-electron chi connectivity index (χ2n) is 5.51. The highest BCUT2D eigenvalue weighted by Gasteiger charge is 2.29. The predicted octanol–water partition coefficient (Wildman–Crippen LogP) is 5.82. The molecule has 1 aromatic rings. The number of methoxy groups -OCH3 is 1. The van der Waals surface area contributed by atoms with Crippen molar-refractivity contribution < 1.29 is 4.74 Å². The molecule has 0 radical (unpaired) electrons. The van der Waals surface area contributed by atoms with E-state index in [0.29, 0.717) is 5.92 Å². The van der Waals surface area contributed by atoms with E-state index < -0.39 is 0 Å². The second kappa shape index (κ2) is 8.04. The van der Waals surface area contributed by atoms with Crippen LogP contribution in [0.25, 0.3) is 0 Å². The molecule has 1 aromatic carbocycles. The molecule has 1 rings (SSSR count). The minimum Gasteiger partial charge on any atom is -0.496 e. The molecule has 4 heteroatoms. The Morgan fingerprint density at radius 2 is 1.84 bits per heavy atom. The number of hydrogen-bond donors (Lipinski definition) is 0. The molecule has 0 heterocycles. The first-order chi connectivity index (χ1) is 8.96. The minimum absolute atomic E-state index is 0.266. The van der Waals surface area contributed by atoms with E-state index in [4.69, 9.17) is 4.74 Å². The zero-order valence-corrected chi connectivity index (χ0v) is 16.4. The Kier molecular flexibility index (Phi) is 7.41. The SMILES string of the molecule is COc1ccc(CC(CBr)(CBr)CC(C)C)cc1Br. The molecule has 0 aromatic heterocycles. The fraction of sp³-hybridized carbons (Fsp3) is 0.600. The molecule has 0 amide bonds. The van der Waals surface area contributed by atoms with Crippen molar-refractivity contribution in [3.05, 3.63) is 28.2 Å². The van der Waals surface area contributed by atoms with Gasteiger partial charge >= 0.3 is 0 Å². The van der Waals surface area contributed by atoms with E-state index >= 15 is 0 Å². The molecule has 0 saturated carbocycles. The van der Waals surface area contributed by atoms with Gasteiger partial charge in [0.25, 0.3) is 0 Å². The lowest BCUT2D eigenvalue weighted by molar-refractivity contribution is 0.304. The zero-order valence-electron chi connectivity index (χ0n) is 11.7. The van der Waals surface area contributed by atoms with Crippen molar-refractivity contribution >= 4 is 47.8 Å². The summed E-state index contributed by atoms with van der Waals surface area (Å²) in [5.41, 5.74) is 1.61. The first kappa shape index (κ1) is 17.5. The Morgan fingerprint density at radius 3 is 2.26 bits per heavy atom. The standard InChI is InChI=1S/C15H21Br3O/c1-11(2)7-15(9-16,10-17)8-12-4-5-14(19-3)13(18)6-12/h4-6,11H,7-10H2,1-3H3. The molecule has 0 aliphatic carbocycles. The van der Waals surface area contributed by atoms with Crippen LogP contribution in [0.5, 0.6) is 5.75 Å². The summed E-state index contributed by atoms with van der Waals surface area (Å²) in [4.78, 5) is 0. The van der Waals surface area contributed by atoms with Crippen LogP contribution in [-0.4, -0.2) is 17.8 Å². The molecule has 1 nitrogen and oxygen atoms in total. The summed E-state index contributed by atoms with van der Waals surface area (Å²) < 4.78 is 6.31. The number of alkyl halides is 2. The third-order valence-corrected chi connectivity index (χ3v) is 6.20. The average molecular weight is 457 g/mol. The lowest BCUT2D eigenvalue weighted by atomic mass is 9.79. The van der Waals surface area contributed by atoms with Crippen molar-refractivity contribution in [2.45, 2.75) is 26.7 Å². The van der Waals surface area contributed by atoms with Gasteiger partial charge in [-0.15, -0.1) is 0 Å². The maximum Gasteiger partial charge on any atom is 0.133 e. The monoisotopic (exact) mass is 454 g/mol. The fourth-order valence-electron chi connectivity index (χ4n) is 2.43. The van der Waals surface area contributed by atoms with Crippen LogP contribution in [0.15, 0.2) is 22.7 Å². The van der Waals surface area contributed by atoms with Crippen LogP contribution in [0.3, 0.4) is 0 Å². The quantitative estimate of drug-likeness (QED) is 0.469. The average Bonchev–Trinajstić information content (AvgIpc) is 2.37. The summed E-state index contributed by atoms with van der Waals surface area (Å²) in [6.07, 6.45) is 2.26. The summed E-state index contributed by atoms with van der Waals surface area (Å²) in [6, 6.07) is 6.35. The van der Waals surface area contributed by atoms with Crippen LogP contribution >= 0.6 is 47.8 Å². The van der Waals surface area contributed by atoms with Crippen molar-refractivity contribution in [2.24, 2.45) is 11.3 Å². The molecular formula is C15H21Br3O. The number of ether oxygens (including phenoxy) is 1. The number of rotatable bonds is 7. The van der Waals surface area contributed by atoms with Gasteiger partial charge in [0.2, 0.25) is 0 Å². The Hall–Kier alpha value is 0.460. The fourth-order valence-corrected chi connectivity index (χ4v) is 4.80. The van der Waals surface area contributed by atoms with Crippen molar-refractivity contribution in [2.75, 3.05) is 17.8 Å². The zero-order chi connectivity index (χ0) is 14.5. The Labute approximate surface area is 141 Å². The Morgan fingerprint density at radius 1 is 1.21 bits per heavy atom. The summed E-state index contributed by atoms with van der Waals surface area (Å²) in [7, 11) is 1.69. The van der Waals surface area contributed by atoms with Gasteiger partial charge in [0.15, 0.2) is 0 Å². The molecular weight excluding hydrogens is 436 g/mol. The highest BCUT2D eigenvalue weighted by molar-refractivity contribution is 9.10. The summed E-state index contributed by atoms with van der Waals surface area (Å²) in [5.74, 6) is 1.58. The molecule has 0 spiro atoms.